The number of ether oxygens (including phenoxy) is 1. The van der Waals surface area contributed by atoms with E-state index in [1.54, 1.807) is 12.1 Å². The fourth-order valence-electron chi connectivity index (χ4n) is 4.22. The van der Waals surface area contributed by atoms with Gasteiger partial charge in [0, 0.05) is 18.1 Å². The van der Waals surface area contributed by atoms with Crippen LogP contribution in [0.1, 0.15) is 30.4 Å². The van der Waals surface area contributed by atoms with E-state index in [0.717, 1.165) is 30.9 Å². The van der Waals surface area contributed by atoms with Crippen LogP contribution in [-0.4, -0.2) is 44.3 Å². The average Bonchev–Trinajstić information content (AvgIpc) is 3.28. The smallest absolute Gasteiger partial charge is 0.309 e. The molecular weight excluding hydrogens is 471 g/mol. The number of halogens is 2. The Morgan fingerprint density at radius 1 is 1.09 bits per heavy atom. The lowest BCUT2D eigenvalue weighted by Crippen LogP contribution is -2.41. The van der Waals surface area contributed by atoms with E-state index >= 15 is 0 Å². The van der Waals surface area contributed by atoms with Gasteiger partial charge in [0.05, 0.1) is 16.5 Å². The fourth-order valence-corrected chi connectivity index (χ4v) is 5.92. The maximum Gasteiger partial charge on any atom is 0.309 e. The minimum atomic E-state index is -3.63. The summed E-state index contributed by atoms with van der Waals surface area (Å²) in [6.07, 6.45) is 3.51. The molecule has 0 saturated carbocycles. The molecule has 1 aliphatic carbocycles. The van der Waals surface area contributed by atoms with Crippen molar-refractivity contribution in [2.24, 2.45) is 5.92 Å². The van der Waals surface area contributed by atoms with Crippen LogP contribution in [0.3, 0.4) is 0 Å². The number of hydrogen-bond donors (Lipinski definition) is 1. The topological polar surface area (TPSA) is 92.8 Å². The average molecular weight is 495 g/mol. The van der Waals surface area contributed by atoms with Gasteiger partial charge in [0.15, 0.2) is 6.61 Å². The van der Waals surface area contributed by atoms with Crippen LogP contribution in [-0.2, 0) is 37.2 Å². The third kappa shape index (κ3) is 5.37. The number of aryl methyl sites for hydroxylation is 2. The zero-order chi connectivity index (χ0) is 23.6. The normalized spacial score (nSPS) is 16.9. The van der Waals surface area contributed by atoms with E-state index < -0.39 is 40.2 Å². The fraction of sp³-hybridized carbons (Fsp3) is 0.391. The highest BCUT2D eigenvalue weighted by Crippen LogP contribution is 2.29. The van der Waals surface area contributed by atoms with Crippen LogP contribution in [0.25, 0.3) is 0 Å². The summed E-state index contributed by atoms with van der Waals surface area (Å²) in [5.74, 6) is -2.43. The number of nitrogens with zero attached hydrogens (tertiary/aromatic N) is 1. The second-order valence-electron chi connectivity index (χ2n) is 8.24. The summed E-state index contributed by atoms with van der Waals surface area (Å²) in [5, 5.41) is 2.56. The van der Waals surface area contributed by atoms with Gasteiger partial charge >= 0.3 is 5.97 Å². The van der Waals surface area contributed by atoms with Crippen LogP contribution in [0.4, 0.5) is 10.1 Å². The highest BCUT2D eigenvalue weighted by Gasteiger charge is 2.33. The van der Waals surface area contributed by atoms with Crippen LogP contribution in [0, 0.1) is 11.7 Å². The third-order valence-electron chi connectivity index (χ3n) is 6.04. The van der Waals surface area contributed by atoms with Gasteiger partial charge in [-0.1, -0.05) is 17.7 Å². The predicted octanol–water partition coefficient (Wildman–Crippen LogP) is 3.55. The monoisotopic (exact) mass is 494 g/mol. The largest absolute Gasteiger partial charge is 0.455 e. The van der Waals surface area contributed by atoms with Gasteiger partial charge in [0.1, 0.15) is 5.82 Å². The molecule has 1 saturated heterocycles. The number of benzene rings is 2. The maximum atomic E-state index is 13.7. The number of nitrogens with one attached hydrogen (secondary N) is 1. The third-order valence-corrected chi connectivity index (χ3v) is 8.17. The van der Waals surface area contributed by atoms with Crippen molar-refractivity contribution in [1.29, 1.82) is 0 Å². The van der Waals surface area contributed by atoms with Crippen molar-refractivity contribution in [2.75, 3.05) is 25.0 Å². The number of carbonyl (C=O) groups excluding carboxylic acids is 2. The molecule has 0 unspecified atom stereocenters. The highest BCUT2D eigenvalue weighted by molar-refractivity contribution is 7.89. The molecule has 33 heavy (non-hydrogen) atoms. The minimum absolute atomic E-state index is 0.103. The number of rotatable bonds is 6. The molecule has 7 nitrogen and oxygen atoms in total. The van der Waals surface area contributed by atoms with Crippen LogP contribution in [0.5, 0.6) is 0 Å². The Kier molecular flexibility index (Phi) is 7.02. The van der Waals surface area contributed by atoms with Crippen LogP contribution >= 0.6 is 11.6 Å². The first-order valence-corrected chi connectivity index (χ1v) is 12.6. The van der Waals surface area contributed by atoms with Crippen molar-refractivity contribution in [2.45, 2.75) is 37.0 Å². The molecule has 2 aromatic carbocycles. The van der Waals surface area contributed by atoms with Crippen molar-refractivity contribution in [3.05, 3.63) is 58.4 Å². The zero-order valence-corrected chi connectivity index (χ0v) is 19.4. The number of anilines is 1. The molecule has 1 aliphatic heterocycles. The number of hydrogen-bond acceptors (Lipinski definition) is 5. The Hall–Kier alpha value is -2.49. The lowest BCUT2D eigenvalue weighted by atomic mass is 9.98. The van der Waals surface area contributed by atoms with Crippen molar-refractivity contribution in [1.82, 2.24) is 4.31 Å². The van der Waals surface area contributed by atoms with Gasteiger partial charge in [-0.25, -0.2) is 12.8 Å². The van der Waals surface area contributed by atoms with Gasteiger partial charge in [-0.15, -0.1) is 0 Å². The van der Waals surface area contributed by atoms with E-state index in [1.807, 2.05) is 6.07 Å². The molecule has 2 aliphatic rings. The first-order valence-electron chi connectivity index (χ1n) is 10.8. The van der Waals surface area contributed by atoms with E-state index in [1.165, 1.54) is 22.0 Å². The van der Waals surface area contributed by atoms with Crippen molar-refractivity contribution in [3.8, 4) is 0 Å². The van der Waals surface area contributed by atoms with Gasteiger partial charge in [-0.3, -0.25) is 9.59 Å². The Labute approximate surface area is 196 Å². The van der Waals surface area contributed by atoms with Gasteiger partial charge in [-0.2, -0.15) is 4.31 Å². The summed E-state index contributed by atoms with van der Waals surface area (Å²) in [6, 6.07) is 9.03. The number of esters is 1. The molecule has 176 valence electrons. The molecule has 1 fully saturated rings. The Balaban J connectivity index is 1.28. The number of fused-ring (bicyclic) bond motifs is 1. The molecule has 10 heteroatoms. The van der Waals surface area contributed by atoms with Crippen LogP contribution in [0.15, 0.2) is 41.3 Å². The molecule has 0 spiro atoms. The number of amides is 1. The van der Waals surface area contributed by atoms with Crippen molar-refractivity contribution >= 4 is 39.2 Å². The lowest BCUT2D eigenvalue weighted by molar-refractivity contribution is -0.152. The molecule has 0 radical (unpaired) electrons. The molecule has 4 rings (SSSR count). The first kappa shape index (κ1) is 23.7. The second kappa shape index (κ2) is 9.79. The van der Waals surface area contributed by atoms with E-state index in [9.17, 15) is 22.4 Å². The van der Waals surface area contributed by atoms with E-state index in [2.05, 4.69) is 5.32 Å². The highest BCUT2D eigenvalue weighted by atomic mass is 35.5. The predicted molar refractivity (Wildman–Crippen MR) is 121 cm³/mol. The molecule has 0 aromatic heterocycles. The quantitative estimate of drug-likeness (QED) is 0.620. The summed E-state index contributed by atoms with van der Waals surface area (Å²) in [5.41, 5.74) is 2.19. The van der Waals surface area contributed by atoms with E-state index in [0.29, 0.717) is 12.8 Å². The van der Waals surface area contributed by atoms with Crippen LogP contribution < -0.4 is 5.32 Å². The summed E-state index contributed by atoms with van der Waals surface area (Å²) in [6.45, 7) is -0.184. The summed E-state index contributed by atoms with van der Waals surface area (Å²) < 4.78 is 46.2. The van der Waals surface area contributed by atoms with Gasteiger partial charge in [0.2, 0.25) is 10.0 Å². The van der Waals surface area contributed by atoms with Gasteiger partial charge in [-0.05, 0) is 73.6 Å². The lowest BCUT2D eigenvalue weighted by Gasteiger charge is -2.30. The second-order valence-corrected chi connectivity index (χ2v) is 10.6. The molecule has 1 heterocycles. The maximum absolute atomic E-state index is 13.7. The molecular formula is C23H24ClFN2O5S. The first-order chi connectivity index (χ1) is 15.7. The van der Waals surface area contributed by atoms with E-state index in [-0.39, 0.29) is 28.7 Å². The molecule has 0 bridgehead atoms. The zero-order valence-electron chi connectivity index (χ0n) is 17.9. The van der Waals surface area contributed by atoms with Gasteiger partial charge in [0.25, 0.3) is 5.91 Å². The number of sulfonamides is 1. The summed E-state index contributed by atoms with van der Waals surface area (Å²) >= 11 is 5.79. The van der Waals surface area contributed by atoms with Crippen molar-refractivity contribution in [3.63, 3.8) is 0 Å². The van der Waals surface area contributed by atoms with Gasteiger partial charge < -0.3 is 10.1 Å². The molecule has 0 atom stereocenters. The standard InChI is InChI=1S/C23H24ClFN2O5S/c24-18-5-7-20(25)21(13-18)26-22(28)14-32-23(29)16-8-10-27(11-9-16)33(30,31)19-6-4-15-2-1-3-17(15)12-19/h4-7,12-13,16H,1-3,8-11,14H2,(H,26,28). The summed E-state index contributed by atoms with van der Waals surface area (Å²) in [4.78, 5) is 24.6. The molecule has 1 amide bonds. The van der Waals surface area contributed by atoms with Crippen molar-refractivity contribution < 1.29 is 27.1 Å². The number of carbonyl (C=O) groups is 2. The summed E-state index contributed by atoms with van der Waals surface area (Å²) in [7, 11) is -3.63. The molecule has 1 N–H and O–H groups in total. The number of piperidine rings is 1. The Morgan fingerprint density at radius 2 is 1.82 bits per heavy atom. The van der Waals surface area contributed by atoms with Crippen LogP contribution in [0.2, 0.25) is 5.02 Å². The Bertz CT molecular complexity index is 1180. The molecule has 2 aromatic rings. The minimum Gasteiger partial charge on any atom is -0.455 e. The van der Waals surface area contributed by atoms with E-state index in [4.69, 9.17) is 16.3 Å². The SMILES string of the molecule is O=C(COC(=O)C1CCN(S(=O)(=O)c2ccc3c(c2)CCC3)CC1)Nc1cc(Cl)ccc1F. The Morgan fingerprint density at radius 3 is 2.58 bits per heavy atom.